The van der Waals surface area contributed by atoms with Crippen LogP contribution in [0, 0.1) is 5.82 Å². The van der Waals surface area contributed by atoms with Crippen molar-refractivity contribution in [3.05, 3.63) is 34.1 Å². The van der Waals surface area contributed by atoms with Gasteiger partial charge in [-0.3, -0.25) is 4.79 Å². The van der Waals surface area contributed by atoms with E-state index in [1.165, 1.54) is 18.2 Å². The average molecular weight is 316 g/mol. The fourth-order valence-corrected chi connectivity index (χ4v) is 2.55. The molecule has 3 nitrogen and oxygen atoms in total. The van der Waals surface area contributed by atoms with E-state index >= 15 is 0 Å². The second kappa shape index (κ2) is 5.80. The number of hydrogen-bond acceptors (Lipinski definition) is 2. The molecule has 0 saturated heterocycles. The molecule has 0 radical (unpaired) electrons. The van der Waals surface area contributed by atoms with Crippen LogP contribution in [0.5, 0.6) is 0 Å². The van der Waals surface area contributed by atoms with Gasteiger partial charge in [-0.2, -0.15) is 0 Å². The van der Waals surface area contributed by atoms with Crippen molar-refractivity contribution >= 4 is 21.8 Å². The fourth-order valence-electron chi connectivity index (χ4n) is 2.17. The molecular formula is C13H15BrFNO2. The van der Waals surface area contributed by atoms with E-state index < -0.39 is 11.9 Å². The molecule has 0 heterocycles. The van der Waals surface area contributed by atoms with E-state index in [0.717, 1.165) is 25.7 Å². The van der Waals surface area contributed by atoms with E-state index in [-0.39, 0.29) is 16.4 Å². The molecule has 18 heavy (non-hydrogen) atoms. The second-order valence-corrected chi connectivity index (χ2v) is 5.41. The van der Waals surface area contributed by atoms with Crippen LogP contribution in [-0.4, -0.2) is 23.2 Å². The normalized spacial score (nSPS) is 23.7. The molecule has 2 atom stereocenters. The number of benzene rings is 1. The predicted octanol–water partition coefficient (Wildman–Crippen LogP) is 2.62. The SMILES string of the molecule is O=C(N[C@H]1CCCC[C@@H]1O)c1ccc(F)c(Br)c1. The van der Waals surface area contributed by atoms with Crippen LogP contribution < -0.4 is 5.32 Å². The summed E-state index contributed by atoms with van der Waals surface area (Å²) in [4.78, 5) is 12.0. The third kappa shape index (κ3) is 3.09. The molecule has 1 amide bonds. The molecule has 0 aliphatic heterocycles. The number of aliphatic hydroxyl groups excluding tert-OH is 1. The van der Waals surface area contributed by atoms with Gasteiger partial charge in [0.25, 0.3) is 5.91 Å². The van der Waals surface area contributed by atoms with Crippen molar-refractivity contribution in [1.29, 1.82) is 0 Å². The Morgan fingerprint density at radius 2 is 2.11 bits per heavy atom. The Morgan fingerprint density at radius 1 is 1.39 bits per heavy atom. The maximum atomic E-state index is 13.1. The summed E-state index contributed by atoms with van der Waals surface area (Å²) < 4.78 is 13.3. The van der Waals surface area contributed by atoms with Gasteiger partial charge in [0.15, 0.2) is 0 Å². The van der Waals surface area contributed by atoms with Crippen molar-refractivity contribution in [2.75, 3.05) is 0 Å². The van der Waals surface area contributed by atoms with Crippen molar-refractivity contribution < 1.29 is 14.3 Å². The number of halogens is 2. The van der Waals surface area contributed by atoms with Crippen molar-refractivity contribution in [2.45, 2.75) is 37.8 Å². The molecule has 0 unspecified atom stereocenters. The van der Waals surface area contributed by atoms with Gasteiger partial charge in [-0.15, -0.1) is 0 Å². The molecule has 98 valence electrons. The summed E-state index contributed by atoms with van der Waals surface area (Å²) in [5.41, 5.74) is 0.390. The van der Waals surface area contributed by atoms with Crippen molar-refractivity contribution in [2.24, 2.45) is 0 Å². The lowest BCUT2D eigenvalue weighted by Gasteiger charge is -2.28. The summed E-state index contributed by atoms with van der Waals surface area (Å²) in [6.07, 6.45) is 3.03. The van der Waals surface area contributed by atoms with Crippen LogP contribution in [0.2, 0.25) is 0 Å². The first-order chi connectivity index (χ1) is 8.58. The van der Waals surface area contributed by atoms with Crippen molar-refractivity contribution in [3.8, 4) is 0 Å². The van der Waals surface area contributed by atoms with Crippen LogP contribution in [0.25, 0.3) is 0 Å². The van der Waals surface area contributed by atoms with Gasteiger partial charge in [-0.05, 0) is 47.0 Å². The number of rotatable bonds is 2. The molecule has 1 aromatic carbocycles. The first kappa shape index (κ1) is 13.5. The topological polar surface area (TPSA) is 49.3 Å². The largest absolute Gasteiger partial charge is 0.391 e. The zero-order chi connectivity index (χ0) is 13.1. The maximum absolute atomic E-state index is 13.1. The van der Waals surface area contributed by atoms with Gasteiger partial charge in [0.05, 0.1) is 16.6 Å². The summed E-state index contributed by atoms with van der Waals surface area (Å²) in [7, 11) is 0. The van der Waals surface area contributed by atoms with Gasteiger partial charge in [0.2, 0.25) is 0 Å². The van der Waals surface area contributed by atoms with E-state index in [4.69, 9.17) is 0 Å². The lowest BCUT2D eigenvalue weighted by molar-refractivity contribution is 0.0717. The molecular weight excluding hydrogens is 301 g/mol. The molecule has 1 aromatic rings. The highest BCUT2D eigenvalue weighted by molar-refractivity contribution is 9.10. The number of aliphatic hydroxyl groups is 1. The molecule has 0 aromatic heterocycles. The summed E-state index contributed by atoms with van der Waals surface area (Å²) in [5.74, 6) is -0.675. The van der Waals surface area contributed by atoms with Crippen molar-refractivity contribution in [1.82, 2.24) is 5.32 Å². The lowest BCUT2D eigenvalue weighted by atomic mass is 9.92. The maximum Gasteiger partial charge on any atom is 0.251 e. The molecule has 0 bridgehead atoms. The quantitative estimate of drug-likeness (QED) is 0.881. The van der Waals surface area contributed by atoms with E-state index in [0.29, 0.717) is 5.56 Å². The number of amides is 1. The number of carbonyl (C=O) groups excluding carboxylic acids is 1. The Balaban J connectivity index is 2.04. The first-order valence-electron chi connectivity index (χ1n) is 6.02. The van der Waals surface area contributed by atoms with Crippen LogP contribution in [0.15, 0.2) is 22.7 Å². The zero-order valence-electron chi connectivity index (χ0n) is 9.83. The third-order valence-electron chi connectivity index (χ3n) is 3.23. The third-order valence-corrected chi connectivity index (χ3v) is 3.84. The van der Waals surface area contributed by atoms with Crippen LogP contribution in [-0.2, 0) is 0 Å². The Bertz CT molecular complexity index is 453. The molecule has 0 spiro atoms. The number of hydrogen-bond donors (Lipinski definition) is 2. The highest BCUT2D eigenvalue weighted by Gasteiger charge is 2.24. The van der Waals surface area contributed by atoms with Crippen LogP contribution in [0.3, 0.4) is 0 Å². The second-order valence-electron chi connectivity index (χ2n) is 4.56. The van der Waals surface area contributed by atoms with Gasteiger partial charge in [0.1, 0.15) is 5.82 Å². The molecule has 2 rings (SSSR count). The van der Waals surface area contributed by atoms with Crippen LogP contribution >= 0.6 is 15.9 Å². The van der Waals surface area contributed by atoms with E-state index in [1.807, 2.05) is 0 Å². The van der Waals surface area contributed by atoms with Gasteiger partial charge < -0.3 is 10.4 Å². The van der Waals surface area contributed by atoms with Gasteiger partial charge >= 0.3 is 0 Å². The summed E-state index contributed by atoms with van der Waals surface area (Å²) >= 11 is 3.05. The summed E-state index contributed by atoms with van der Waals surface area (Å²) in [6, 6.07) is 3.93. The van der Waals surface area contributed by atoms with Gasteiger partial charge in [-0.1, -0.05) is 12.8 Å². The van der Waals surface area contributed by atoms with Crippen molar-refractivity contribution in [3.63, 3.8) is 0 Å². The zero-order valence-corrected chi connectivity index (χ0v) is 11.4. The van der Waals surface area contributed by atoms with E-state index in [1.54, 1.807) is 0 Å². The number of carbonyl (C=O) groups is 1. The van der Waals surface area contributed by atoms with Crippen LogP contribution in [0.4, 0.5) is 4.39 Å². The minimum atomic E-state index is -0.480. The highest BCUT2D eigenvalue weighted by atomic mass is 79.9. The minimum Gasteiger partial charge on any atom is -0.391 e. The lowest BCUT2D eigenvalue weighted by Crippen LogP contribution is -2.45. The fraction of sp³-hybridized carbons (Fsp3) is 0.462. The van der Waals surface area contributed by atoms with Crippen LogP contribution in [0.1, 0.15) is 36.0 Å². The summed E-state index contributed by atoms with van der Waals surface area (Å²) in [6.45, 7) is 0. The highest BCUT2D eigenvalue weighted by Crippen LogP contribution is 2.20. The monoisotopic (exact) mass is 315 g/mol. The molecule has 5 heteroatoms. The molecule has 1 aliphatic rings. The Labute approximate surface area is 114 Å². The predicted molar refractivity (Wildman–Crippen MR) is 69.8 cm³/mol. The summed E-state index contributed by atoms with van der Waals surface area (Å²) in [5, 5.41) is 12.6. The Hall–Kier alpha value is -0.940. The van der Waals surface area contributed by atoms with Gasteiger partial charge in [0, 0.05) is 5.56 Å². The first-order valence-corrected chi connectivity index (χ1v) is 6.81. The smallest absolute Gasteiger partial charge is 0.251 e. The molecule has 2 N–H and O–H groups in total. The Kier molecular flexibility index (Phi) is 4.35. The number of nitrogens with one attached hydrogen (secondary N) is 1. The molecule has 1 fully saturated rings. The molecule has 1 saturated carbocycles. The van der Waals surface area contributed by atoms with Gasteiger partial charge in [-0.25, -0.2) is 4.39 Å². The molecule has 1 aliphatic carbocycles. The van der Waals surface area contributed by atoms with E-state index in [9.17, 15) is 14.3 Å². The Morgan fingerprint density at radius 3 is 2.78 bits per heavy atom. The standard InChI is InChI=1S/C13H15BrFNO2/c14-9-7-8(5-6-10(9)15)13(18)16-11-3-1-2-4-12(11)17/h5-7,11-12,17H,1-4H2,(H,16,18)/t11-,12-/m0/s1. The average Bonchev–Trinajstić information content (AvgIpc) is 2.35. The van der Waals surface area contributed by atoms with E-state index in [2.05, 4.69) is 21.2 Å². The minimum absolute atomic E-state index is 0.199.